The first-order valence-corrected chi connectivity index (χ1v) is 5.22. The van der Waals surface area contributed by atoms with Crippen LogP contribution in [0.1, 0.15) is 5.56 Å². The number of hydrogen-bond acceptors (Lipinski definition) is 2. The molecule has 3 nitrogen and oxygen atoms in total. The Bertz CT molecular complexity index is 456. The van der Waals surface area contributed by atoms with Gasteiger partial charge in [-0.3, -0.25) is 9.69 Å². The molecule has 0 bridgehead atoms. The summed E-state index contributed by atoms with van der Waals surface area (Å²) in [4.78, 5) is 12.0. The smallest absolute Gasteiger partial charge is 0.317 e. The van der Waals surface area contributed by atoms with Gasteiger partial charge in [0.15, 0.2) is 0 Å². The molecule has 0 aliphatic carbocycles. The molecule has 0 aliphatic heterocycles. The molecule has 90 valence electrons. The van der Waals surface area contributed by atoms with Crippen molar-refractivity contribution in [3.8, 4) is 12.3 Å². The molecule has 0 aromatic heterocycles. The highest BCUT2D eigenvalue weighted by Gasteiger charge is 2.12. The van der Waals surface area contributed by atoms with Crippen LogP contribution in [0.4, 0.5) is 4.39 Å². The monoisotopic (exact) mass is 255 g/mol. The van der Waals surface area contributed by atoms with E-state index in [1.165, 1.54) is 17.0 Å². The van der Waals surface area contributed by atoms with E-state index in [0.717, 1.165) is 0 Å². The highest BCUT2D eigenvalue weighted by molar-refractivity contribution is 6.30. The van der Waals surface area contributed by atoms with Crippen molar-refractivity contribution in [2.24, 2.45) is 0 Å². The first kappa shape index (κ1) is 13.5. The van der Waals surface area contributed by atoms with E-state index >= 15 is 0 Å². The molecule has 0 saturated heterocycles. The summed E-state index contributed by atoms with van der Waals surface area (Å²) in [6.45, 7) is 0.0557. The van der Waals surface area contributed by atoms with Crippen LogP contribution in [0, 0.1) is 18.2 Å². The van der Waals surface area contributed by atoms with Crippen molar-refractivity contribution in [2.75, 3.05) is 13.1 Å². The molecule has 0 amide bonds. The molecule has 0 fully saturated rings. The van der Waals surface area contributed by atoms with E-state index in [1.54, 1.807) is 6.07 Å². The molecule has 1 aromatic rings. The molecule has 0 radical (unpaired) electrons. The van der Waals surface area contributed by atoms with E-state index in [-0.39, 0.29) is 19.6 Å². The lowest BCUT2D eigenvalue weighted by atomic mass is 10.2. The fraction of sp³-hybridized carbons (Fsp3) is 0.250. The van der Waals surface area contributed by atoms with Crippen LogP contribution >= 0.6 is 11.6 Å². The van der Waals surface area contributed by atoms with Gasteiger partial charge in [-0.15, -0.1) is 6.42 Å². The van der Waals surface area contributed by atoms with E-state index in [2.05, 4.69) is 5.92 Å². The Morgan fingerprint density at radius 1 is 1.59 bits per heavy atom. The third-order valence-corrected chi connectivity index (χ3v) is 2.32. The second kappa shape index (κ2) is 6.24. The Kier molecular flexibility index (Phi) is 4.95. The summed E-state index contributed by atoms with van der Waals surface area (Å²) in [5.74, 6) is 0.866. The van der Waals surface area contributed by atoms with Gasteiger partial charge in [-0.2, -0.15) is 0 Å². The summed E-state index contributed by atoms with van der Waals surface area (Å²) in [5, 5.41) is 8.98. The van der Waals surface area contributed by atoms with E-state index in [1.807, 2.05) is 0 Å². The van der Waals surface area contributed by atoms with Crippen LogP contribution in [0.2, 0.25) is 5.02 Å². The first-order chi connectivity index (χ1) is 8.02. The maximum Gasteiger partial charge on any atom is 0.317 e. The number of nitrogens with zero attached hydrogens (tertiary/aromatic N) is 1. The zero-order chi connectivity index (χ0) is 12.8. The summed E-state index contributed by atoms with van der Waals surface area (Å²) in [6, 6.07) is 4.25. The number of rotatable bonds is 5. The highest BCUT2D eigenvalue weighted by atomic mass is 35.5. The standard InChI is InChI=1S/C12H11ClFNO2/c1-2-5-15(8-12(16)17)7-9-3-4-10(13)6-11(9)14/h1,3-4,6H,5,7-8H2,(H,16,17). The fourth-order valence-electron chi connectivity index (χ4n) is 1.38. The van der Waals surface area contributed by atoms with Gasteiger partial charge in [-0.1, -0.05) is 23.6 Å². The topological polar surface area (TPSA) is 40.5 Å². The molecule has 0 atom stereocenters. The molecular weight excluding hydrogens is 245 g/mol. The van der Waals surface area contributed by atoms with Crippen molar-refractivity contribution in [3.05, 3.63) is 34.6 Å². The van der Waals surface area contributed by atoms with Gasteiger partial charge in [0, 0.05) is 17.1 Å². The normalized spacial score (nSPS) is 10.2. The molecular formula is C12H11ClFNO2. The van der Waals surface area contributed by atoms with Crippen LogP contribution in [0.15, 0.2) is 18.2 Å². The van der Waals surface area contributed by atoms with Crippen LogP contribution in [-0.2, 0) is 11.3 Å². The van der Waals surface area contributed by atoms with Crippen LogP contribution in [0.3, 0.4) is 0 Å². The van der Waals surface area contributed by atoms with Crippen LogP contribution in [-0.4, -0.2) is 29.1 Å². The van der Waals surface area contributed by atoms with E-state index in [4.69, 9.17) is 23.1 Å². The summed E-state index contributed by atoms with van der Waals surface area (Å²) in [5.41, 5.74) is 0.367. The summed E-state index contributed by atoms with van der Waals surface area (Å²) < 4.78 is 13.5. The van der Waals surface area contributed by atoms with Crippen molar-refractivity contribution >= 4 is 17.6 Å². The lowest BCUT2D eigenvalue weighted by Crippen LogP contribution is -2.30. The molecule has 0 aliphatic rings. The fourth-order valence-corrected chi connectivity index (χ4v) is 1.54. The summed E-state index contributed by atoms with van der Waals surface area (Å²) >= 11 is 5.62. The highest BCUT2D eigenvalue weighted by Crippen LogP contribution is 2.16. The van der Waals surface area contributed by atoms with Gasteiger partial charge < -0.3 is 5.11 Å². The van der Waals surface area contributed by atoms with Gasteiger partial charge in [-0.25, -0.2) is 4.39 Å². The van der Waals surface area contributed by atoms with Gasteiger partial charge in [0.1, 0.15) is 5.82 Å². The first-order valence-electron chi connectivity index (χ1n) is 4.84. The molecule has 0 saturated carbocycles. The van der Waals surface area contributed by atoms with E-state index in [9.17, 15) is 9.18 Å². The minimum absolute atomic E-state index is 0.138. The van der Waals surface area contributed by atoms with Crippen LogP contribution in [0.25, 0.3) is 0 Å². The number of aliphatic carboxylic acids is 1. The maximum atomic E-state index is 13.5. The Balaban J connectivity index is 2.78. The Labute approximate surface area is 104 Å². The van der Waals surface area contributed by atoms with Crippen molar-refractivity contribution in [3.63, 3.8) is 0 Å². The van der Waals surface area contributed by atoms with Gasteiger partial charge in [0.25, 0.3) is 0 Å². The van der Waals surface area contributed by atoms with E-state index < -0.39 is 11.8 Å². The molecule has 1 N–H and O–H groups in total. The van der Waals surface area contributed by atoms with Crippen LogP contribution < -0.4 is 0 Å². The molecule has 0 heterocycles. The van der Waals surface area contributed by atoms with Gasteiger partial charge >= 0.3 is 5.97 Å². The van der Waals surface area contributed by atoms with Crippen molar-refractivity contribution in [1.29, 1.82) is 0 Å². The van der Waals surface area contributed by atoms with Gasteiger partial charge in [0.2, 0.25) is 0 Å². The van der Waals surface area contributed by atoms with E-state index in [0.29, 0.717) is 10.6 Å². The second-order valence-electron chi connectivity index (χ2n) is 3.48. The average Bonchev–Trinajstić information content (AvgIpc) is 2.21. The molecule has 1 rings (SSSR count). The zero-order valence-corrected chi connectivity index (χ0v) is 9.75. The molecule has 5 heteroatoms. The van der Waals surface area contributed by atoms with Crippen molar-refractivity contribution in [1.82, 2.24) is 4.90 Å². The molecule has 1 aromatic carbocycles. The minimum Gasteiger partial charge on any atom is -0.480 e. The number of halogens is 2. The predicted octanol–water partition coefficient (Wildman–Crippen LogP) is 2.00. The average molecular weight is 256 g/mol. The minimum atomic E-state index is -1.00. The zero-order valence-electron chi connectivity index (χ0n) is 8.99. The lowest BCUT2D eigenvalue weighted by molar-refractivity contribution is -0.138. The SMILES string of the molecule is C#CCN(CC(=O)O)Cc1ccc(Cl)cc1F. The third kappa shape index (κ3) is 4.43. The van der Waals surface area contributed by atoms with Gasteiger partial charge in [0.05, 0.1) is 13.1 Å². The molecule has 0 spiro atoms. The lowest BCUT2D eigenvalue weighted by Gasteiger charge is -2.17. The Morgan fingerprint density at radius 2 is 2.29 bits per heavy atom. The Hall–Kier alpha value is -1.57. The Morgan fingerprint density at radius 3 is 2.82 bits per heavy atom. The number of carbonyl (C=O) groups is 1. The second-order valence-corrected chi connectivity index (χ2v) is 3.92. The number of benzene rings is 1. The summed E-state index contributed by atoms with van der Waals surface area (Å²) in [7, 11) is 0. The predicted molar refractivity (Wildman–Crippen MR) is 63.2 cm³/mol. The van der Waals surface area contributed by atoms with Crippen LogP contribution in [0.5, 0.6) is 0 Å². The number of carboxylic acid groups (broad SMARTS) is 1. The molecule has 0 unspecified atom stereocenters. The largest absolute Gasteiger partial charge is 0.480 e. The van der Waals surface area contributed by atoms with Gasteiger partial charge in [-0.05, 0) is 12.1 Å². The third-order valence-electron chi connectivity index (χ3n) is 2.08. The quantitative estimate of drug-likeness (QED) is 0.818. The number of terminal acetylenes is 1. The summed E-state index contributed by atoms with van der Waals surface area (Å²) in [6.07, 6.45) is 5.12. The maximum absolute atomic E-state index is 13.5. The number of carboxylic acids is 1. The van der Waals surface area contributed by atoms with Crippen molar-refractivity contribution in [2.45, 2.75) is 6.54 Å². The van der Waals surface area contributed by atoms with Crippen molar-refractivity contribution < 1.29 is 14.3 Å². The molecule has 17 heavy (non-hydrogen) atoms. The number of hydrogen-bond donors (Lipinski definition) is 1.